The summed E-state index contributed by atoms with van der Waals surface area (Å²) in [6.45, 7) is 4.86. The Morgan fingerprint density at radius 3 is 3.00 bits per heavy atom. The Kier molecular flexibility index (Phi) is 5.05. The van der Waals surface area contributed by atoms with Crippen molar-refractivity contribution in [2.45, 2.75) is 38.8 Å². The molecule has 0 spiro atoms. The SMILES string of the molecule is CCCn1cc(Br)cc1C(=O)NCC1CCCN1C. The van der Waals surface area contributed by atoms with Crippen molar-refractivity contribution in [3.8, 4) is 0 Å². The highest BCUT2D eigenvalue weighted by molar-refractivity contribution is 9.10. The number of likely N-dealkylation sites (N-methyl/N-ethyl adjacent to an activating group) is 1. The van der Waals surface area contributed by atoms with Crippen LogP contribution in [0, 0.1) is 0 Å². The molecule has 2 rings (SSSR count). The van der Waals surface area contributed by atoms with Crippen LogP contribution in [0.1, 0.15) is 36.7 Å². The quantitative estimate of drug-likeness (QED) is 0.902. The second-order valence-electron chi connectivity index (χ2n) is 5.22. The lowest BCUT2D eigenvalue weighted by Crippen LogP contribution is -2.38. The molecular formula is C14H22BrN3O. The first-order chi connectivity index (χ1) is 9.11. The van der Waals surface area contributed by atoms with Gasteiger partial charge in [-0.2, -0.15) is 0 Å². The number of carbonyl (C=O) groups excluding carboxylic acids is 1. The molecule has 2 heterocycles. The highest BCUT2D eigenvalue weighted by Gasteiger charge is 2.22. The summed E-state index contributed by atoms with van der Waals surface area (Å²) in [7, 11) is 2.13. The van der Waals surface area contributed by atoms with E-state index in [1.165, 1.54) is 12.8 Å². The van der Waals surface area contributed by atoms with E-state index in [0.717, 1.165) is 36.2 Å². The maximum atomic E-state index is 12.2. The Hall–Kier alpha value is -0.810. The molecule has 0 bridgehead atoms. The smallest absolute Gasteiger partial charge is 0.268 e. The van der Waals surface area contributed by atoms with Crippen LogP contribution in [-0.4, -0.2) is 41.6 Å². The molecule has 1 saturated heterocycles. The molecule has 1 aromatic rings. The lowest BCUT2D eigenvalue weighted by atomic mass is 10.2. The third-order valence-electron chi connectivity index (χ3n) is 3.73. The van der Waals surface area contributed by atoms with E-state index in [0.29, 0.717) is 6.04 Å². The van der Waals surface area contributed by atoms with Crippen LogP contribution < -0.4 is 5.32 Å². The molecule has 0 aliphatic carbocycles. The van der Waals surface area contributed by atoms with Gasteiger partial charge >= 0.3 is 0 Å². The van der Waals surface area contributed by atoms with Crippen LogP contribution in [0.15, 0.2) is 16.7 Å². The topological polar surface area (TPSA) is 37.3 Å². The molecule has 1 N–H and O–H groups in total. The second kappa shape index (κ2) is 6.57. The first kappa shape index (κ1) is 14.6. The Morgan fingerprint density at radius 1 is 1.58 bits per heavy atom. The number of aryl methyl sites for hydroxylation is 1. The van der Waals surface area contributed by atoms with Crippen LogP contribution in [0.2, 0.25) is 0 Å². The molecule has 1 aliphatic heterocycles. The van der Waals surface area contributed by atoms with Gasteiger partial charge in [0.15, 0.2) is 0 Å². The van der Waals surface area contributed by atoms with E-state index in [9.17, 15) is 4.79 Å². The van der Waals surface area contributed by atoms with Crippen LogP contribution in [0.5, 0.6) is 0 Å². The average molecular weight is 328 g/mol. The van der Waals surface area contributed by atoms with Gasteiger partial charge < -0.3 is 14.8 Å². The van der Waals surface area contributed by atoms with E-state index in [4.69, 9.17) is 0 Å². The van der Waals surface area contributed by atoms with Crippen molar-refractivity contribution >= 4 is 21.8 Å². The number of nitrogens with zero attached hydrogens (tertiary/aromatic N) is 2. The third kappa shape index (κ3) is 3.60. The number of halogens is 1. The number of carbonyl (C=O) groups is 1. The summed E-state index contributed by atoms with van der Waals surface area (Å²) in [4.78, 5) is 14.6. The van der Waals surface area contributed by atoms with Crippen molar-refractivity contribution in [3.05, 3.63) is 22.4 Å². The van der Waals surface area contributed by atoms with Crippen molar-refractivity contribution in [2.24, 2.45) is 0 Å². The van der Waals surface area contributed by atoms with Gasteiger partial charge in [0, 0.05) is 29.8 Å². The van der Waals surface area contributed by atoms with E-state index < -0.39 is 0 Å². The molecule has 0 aromatic carbocycles. The summed E-state index contributed by atoms with van der Waals surface area (Å²) in [6, 6.07) is 2.38. The summed E-state index contributed by atoms with van der Waals surface area (Å²) < 4.78 is 2.97. The van der Waals surface area contributed by atoms with Crippen molar-refractivity contribution < 1.29 is 4.79 Å². The molecule has 106 valence electrons. The standard InChI is InChI=1S/C14H22BrN3O/c1-3-6-18-10-11(15)8-13(18)14(19)16-9-12-5-4-7-17(12)2/h8,10,12H,3-7,9H2,1-2H3,(H,16,19). The Morgan fingerprint density at radius 2 is 2.37 bits per heavy atom. The van der Waals surface area contributed by atoms with E-state index >= 15 is 0 Å². The molecule has 1 unspecified atom stereocenters. The maximum Gasteiger partial charge on any atom is 0.268 e. The fourth-order valence-corrected chi connectivity index (χ4v) is 3.09. The molecule has 5 heteroatoms. The van der Waals surface area contributed by atoms with Gasteiger partial charge in [0.25, 0.3) is 5.91 Å². The number of likely N-dealkylation sites (tertiary alicyclic amines) is 1. The highest BCUT2D eigenvalue weighted by Crippen LogP contribution is 2.17. The summed E-state index contributed by atoms with van der Waals surface area (Å²) in [5.74, 6) is 0.0273. The molecular weight excluding hydrogens is 306 g/mol. The number of aromatic nitrogens is 1. The highest BCUT2D eigenvalue weighted by atomic mass is 79.9. The van der Waals surface area contributed by atoms with Gasteiger partial charge in [-0.25, -0.2) is 0 Å². The van der Waals surface area contributed by atoms with Crippen LogP contribution in [0.3, 0.4) is 0 Å². The zero-order valence-corrected chi connectivity index (χ0v) is 13.2. The molecule has 1 aromatic heterocycles. The van der Waals surface area contributed by atoms with Crippen LogP contribution in [0.4, 0.5) is 0 Å². The van der Waals surface area contributed by atoms with Gasteiger partial charge in [-0.1, -0.05) is 6.92 Å². The molecule has 1 aliphatic rings. The molecule has 0 radical (unpaired) electrons. The number of amides is 1. The predicted molar refractivity (Wildman–Crippen MR) is 80.4 cm³/mol. The summed E-state index contributed by atoms with van der Waals surface area (Å²) >= 11 is 3.44. The maximum absolute atomic E-state index is 12.2. The van der Waals surface area contributed by atoms with Crippen molar-refractivity contribution in [1.29, 1.82) is 0 Å². The lowest BCUT2D eigenvalue weighted by Gasteiger charge is -2.19. The number of hydrogen-bond acceptors (Lipinski definition) is 2. The van der Waals surface area contributed by atoms with Crippen LogP contribution in [-0.2, 0) is 6.54 Å². The molecule has 4 nitrogen and oxygen atoms in total. The van der Waals surface area contributed by atoms with E-state index in [1.807, 2.05) is 16.8 Å². The van der Waals surface area contributed by atoms with Gasteiger partial charge in [0.1, 0.15) is 5.69 Å². The van der Waals surface area contributed by atoms with Gasteiger partial charge in [0.05, 0.1) is 0 Å². The van der Waals surface area contributed by atoms with E-state index in [1.54, 1.807) is 0 Å². The zero-order chi connectivity index (χ0) is 13.8. The summed E-state index contributed by atoms with van der Waals surface area (Å²) in [5.41, 5.74) is 0.745. The molecule has 0 saturated carbocycles. The molecule has 1 fully saturated rings. The summed E-state index contributed by atoms with van der Waals surface area (Å²) in [6.07, 6.45) is 5.40. The van der Waals surface area contributed by atoms with Crippen LogP contribution >= 0.6 is 15.9 Å². The Balaban J connectivity index is 1.95. The largest absolute Gasteiger partial charge is 0.349 e. The Bertz CT molecular complexity index is 444. The van der Waals surface area contributed by atoms with Crippen LogP contribution in [0.25, 0.3) is 0 Å². The van der Waals surface area contributed by atoms with Gasteiger partial charge in [-0.3, -0.25) is 4.79 Å². The second-order valence-corrected chi connectivity index (χ2v) is 6.14. The Labute approximate surface area is 123 Å². The fraction of sp³-hybridized carbons (Fsp3) is 0.643. The van der Waals surface area contributed by atoms with Gasteiger partial charge in [-0.15, -0.1) is 0 Å². The molecule has 19 heavy (non-hydrogen) atoms. The van der Waals surface area contributed by atoms with Crippen molar-refractivity contribution in [2.75, 3.05) is 20.1 Å². The number of nitrogens with one attached hydrogen (secondary N) is 1. The molecule has 1 atom stereocenters. The van der Waals surface area contributed by atoms with Gasteiger partial charge in [0.2, 0.25) is 0 Å². The minimum Gasteiger partial charge on any atom is -0.349 e. The number of rotatable bonds is 5. The summed E-state index contributed by atoms with van der Waals surface area (Å²) in [5, 5.41) is 3.06. The van der Waals surface area contributed by atoms with E-state index in [2.05, 4.69) is 40.1 Å². The lowest BCUT2D eigenvalue weighted by molar-refractivity contribution is 0.0934. The fourth-order valence-electron chi connectivity index (χ4n) is 2.63. The van der Waals surface area contributed by atoms with Crippen molar-refractivity contribution in [1.82, 2.24) is 14.8 Å². The first-order valence-electron chi connectivity index (χ1n) is 6.96. The van der Waals surface area contributed by atoms with Crippen molar-refractivity contribution in [3.63, 3.8) is 0 Å². The predicted octanol–water partition coefficient (Wildman–Crippen LogP) is 2.48. The zero-order valence-electron chi connectivity index (χ0n) is 11.7. The number of hydrogen-bond donors (Lipinski definition) is 1. The normalized spacial score (nSPS) is 19.8. The first-order valence-corrected chi connectivity index (χ1v) is 7.75. The minimum absolute atomic E-state index is 0.0273. The minimum atomic E-state index is 0.0273. The molecule has 1 amide bonds. The van der Waals surface area contributed by atoms with Gasteiger partial charge in [-0.05, 0) is 54.9 Å². The monoisotopic (exact) mass is 327 g/mol. The third-order valence-corrected chi connectivity index (χ3v) is 4.16. The average Bonchev–Trinajstić information content (AvgIpc) is 2.93. The van der Waals surface area contributed by atoms with E-state index in [-0.39, 0.29) is 5.91 Å².